The monoisotopic (exact) mass is 273 g/mol. The SMILES string of the molecule is CCOc1ccccc1C(=O)c1c(C(N)=O)n[nH]c1C. The van der Waals surface area contributed by atoms with Crippen molar-refractivity contribution in [3.63, 3.8) is 0 Å². The lowest BCUT2D eigenvalue weighted by Gasteiger charge is -2.09. The molecule has 0 unspecified atom stereocenters. The van der Waals surface area contributed by atoms with Gasteiger partial charge in [0.15, 0.2) is 5.69 Å². The molecule has 0 spiro atoms. The number of aryl methyl sites for hydroxylation is 1. The van der Waals surface area contributed by atoms with E-state index in [1.807, 2.05) is 6.92 Å². The number of primary amides is 1. The number of para-hydroxylation sites is 1. The van der Waals surface area contributed by atoms with Crippen LogP contribution in [0.5, 0.6) is 5.75 Å². The average Bonchev–Trinajstić information content (AvgIpc) is 2.81. The number of hydrogen-bond acceptors (Lipinski definition) is 4. The smallest absolute Gasteiger partial charge is 0.269 e. The highest BCUT2D eigenvalue weighted by Gasteiger charge is 2.24. The standard InChI is InChI=1S/C14H15N3O3/c1-3-20-10-7-5-4-6-9(10)13(18)11-8(2)16-17-12(11)14(15)19/h4-7H,3H2,1-2H3,(H2,15,19)(H,16,17). The molecule has 2 aromatic rings. The number of nitrogens with one attached hydrogen (secondary N) is 1. The number of nitrogens with two attached hydrogens (primary N) is 1. The minimum Gasteiger partial charge on any atom is -0.493 e. The Balaban J connectivity index is 2.52. The molecule has 0 fully saturated rings. The molecular formula is C14H15N3O3. The fourth-order valence-electron chi connectivity index (χ4n) is 1.96. The molecule has 20 heavy (non-hydrogen) atoms. The quantitative estimate of drug-likeness (QED) is 0.805. The predicted octanol–water partition coefficient (Wildman–Crippen LogP) is 1.45. The molecule has 0 atom stereocenters. The third-order valence-electron chi connectivity index (χ3n) is 2.84. The lowest BCUT2D eigenvalue weighted by molar-refractivity contribution is 0.0976. The van der Waals surface area contributed by atoms with Crippen LogP contribution in [-0.4, -0.2) is 28.5 Å². The first-order valence-electron chi connectivity index (χ1n) is 6.17. The number of nitrogens with zero attached hydrogens (tertiary/aromatic N) is 1. The van der Waals surface area contributed by atoms with Gasteiger partial charge >= 0.3 is 0 Å². The molecule has 6 nitrogen and oxygen atoms in total. The second kappa shape index (κ2) is 5.56. The molecule has 1 aromatic carbocycles. The highest BCUT2D eigenvalue weighted by molar-refractivity contribution is 6.16. The molecule has 0 saturated heterocycles. The van der Waals surface area contributed by atoms with Gasteiger partial charge in [-0.1, -0.05) is 12.1 Å². The van der Waals surface area contributed by atoms with Gasteiger partial charge in [-0.25, -0.2) is 0 Å². The van der Waals surface area contributed by atoms with Crippen molar-refractivity contribution in [1.29, 1.82) is 0 Å². The highest BCUT2D eigenvalue weighted by atomic mass is 16.5. The van der Waals surface area contributed by atoms with E-state index in [0.29, 0.717) is 23.6 Å². The molecule has 0 aliphatic heterocycles. The van der Waals surface area contributed by atoms with Crippen LogP contribution >= 0.6 is 0 Å². The fraction of sp³-hybridized carbons (Fsp3) is 0.214. The number of aromatic amines is 1. The second-order valence-electron chi connectivity index (χ2n) is 4.19. The Kier molecular flexibility index (Phi) is 3.84. The number of ketones is 1. The zero-order chi connectivity index (χ0) is 14.7. The second-order valence-corrected chi connectivity index (χ2v) is 4.19. The molecule has 0 bridgehead atoms. The highest BCUT2D eigenvalue weighted by Crippen LogP contribution is 2.24. The van der Waals surface area contributed by atoms with Crippen LogP contribution in [0.1, 0.15) is 39.0 Å². The Labute approximate surface area is 115 Å². The van der Waals surface area contributed by atoms with E-state index in [4.69, 9.17) is 10.5 Å². The summed E-state index contributed by atoms with van der Waals surface area (Å²) in [5.41, 5.74) is 6.24. The summed E-state index contributed by atoms with van der Waals surface area (Å²) in [5, 5.41) is 6.38. The number of carbonyl (C=O) groups is 2. The summed E-state index contributed by atoms with van der Waals surface area (Å²) in [6, 6.07) is 6.86. The summed E-state index contributed by atoms with van der Waals surface area (Å²) in [6.07, 6.45) is 0. The first kappa shape index (κ1) is 13.8. The summed E-state index contributed by atoms with van der Waals surface area (Å²) in [4.78, 5) is 23.9. The molecule has 2 rings (SSSR count). The zero-order valence-electron chi connectivity index (χ0n) is 11.3. The maximum atomic E-state index is 12.6. The Morgan fingerprint density at radius 2 is 2.05 bits per heavy atom. The molecule has 1 aromatic heterocycles. The van der Waals surface area contributed by atoms with Crippen molar-refractivity contribution < 1.29 is 14.3 Å². The Morgan fingerprint density at radius 1 is 1.35 bits per heavy atom. The van der Waals surface area contributed by atoms with Crippen molar-refractivity contribution >= 4 is 11.7 Å². The van der Waals surface area contributed by atoms with Crippen molar-refractivity contribution in [3.05, 3.63) is 46.8 Å². The van der Waals surface area contributed by atoms with Gasteiger partial charge < -0.3 is 10.5 Å². The molecule has 0 radical (unpaired) electrons. The Hall–Kier alpha value is -2.63. The lowest BCUT2D eigenvalue weighted by atomic mass is 10.0. The Morgan fingerprint density at radius 3 is 2.70 bits per heavy atom. The van der Waals surface area contributed by atoms with E-state index in [1.54, 1.807) is 31.2 Å². The lowest BCUT2D eigenvalue weighted by Crippen LogP contribution is -2.17. The third-order valence-corrected chi connectivity index (χ3v) is 2.84. The summed E-state index contributed by atoms with van der Waals surface area (Å²) in [7, 11) is 0. The van der Waals surface area contributed by atoms with Gasteiger partial charge in [-0.2, -0.15) is 5.10 Å². The van der Waals surface area contributed by atoms with Crippen molar-refractivity contribution in [2.45, 2.75) is 13.8 Å². The molecule has 1 amide bonds. The van der Waals surface area contributed by atoms with Crippen molar-refractivity contribution in [2.24, 2.45) is 5.73 Å². The van der Waals surface area contributed by atoms with Gasteiger partial charge in [0.05, 0.1) is 17.7 Å². The molecule has 0 saturated carbocycles. The van der Waals surface area contributed by atoms with Gasteiger partial charge in [-0.3, -0.25) is 14.7 Å². The molecule has 0 aliphatic rings. The first-order valence-corrected chi connectivity index (χ1v) is 6.17. The molecule has 6 heteroatoms. The van der Waals surface area contributed by atoms with E-state index >= 15 is 0 Å². The fourth-order valence-corrected chi connectivity index (χ4v) is 1.96. The zero-order valence-corrected chi connectivity index (χ0v) is 11.3. The largest absolute Gasteiger partial charge is 0.493 e. The normalized spacial score (nSPS) is 10.3. The van der Waals surface area contributed by atoms with Gasteiger partial charge in [0, 0.05) is 5.69 Å². The summed E-state index contributed by atoms with van der Waals surface area (Å²) in [6.45, 7) is 3.94. The van der Waals surface area contributed by atoms with E-state index in [2.05, 4.69) is 10.2 Å². The van der Waals surface area contributed by atoms with Crippen LogP contribution in [0.4, 0.5) is 0 Å². The number of ether oxygens (including phenoxy) is 1. The number of benzene rings is 1. The summed E-state index contributed by atoms with van der Waals surface area (Å²) in [5.74, 6) is -0.614. The van der Waals surface area contributed by atoms with Crippen molar-refractivity contribution in [1.82, 2.24) is 10.2 Å². The van der Waals surface area contributed by atoms with Gasteiger partial charge in [0.25, 0.3) is 5.91 Å². The van der Waals surface area contributed by atoms with Crippen LogP contribution in [-0.2, 0) is 0 Å². The first-order chi connectivity index (χ1) is 9.56. The summed E-state index contributed by atoms with van der Waals surface area (Å²) >= 11 is 0. The van der Waals surface area contributed by atoms with Crippen molar-refractivity contribution in [3.8, 4) is 5.75 Å². The van der Waals surface area contributed by atoms with E-state index < -0.39 is 5.91 Å². The van der Waals surface area contributed by atoms with Crippen LogP contribution < -0.4 is 10.5 Å². The van der Waals surface area contributed by atoms with Crippen molar-refractivity contribution in [2.75, 3.05) is 6.61 Å². The minimum atomic E-state index is -0.744. The van der Waals surface area contributed by atoms with E-state index in [9.17, 15) is 9.59 Å². The average molecular weight is 273 g/mol. The molecule has 0 aliphatic carbocycles. The van der Waals surface area contributed by atoms with Gasteiger partial charge in [-0.15, -0.1) is 0 Å². The summed E-state index contributed by atoms with van der Waals surface area (Å²) < 4.78 is 5.43. The Bertz CT molecular complexity index is 661. The number of carbonyl (C=O) groups excluding carboxylic acids is 2. The maximum absolute atomic E-state index is 12.6. The van der Waals surface area contributed by atoms with E-state index in [-0.39, 0.29) is 17.0 Å². The van der Waals surface area contributed by atoms with Crippen LogP contribution in [0.2, 0.25) is 0 Å². The maximum Gasteiger partial charge on any atom is 0.269 e. The number of H-pyrrole nitrogens is 1. The van der Waals surface area contributed by atoms with Crippen LogP contribution in [0.15, 0.2) is 24.3 Å². The van der Waals surface area contributed by atoms with E-state index in [1.165, 1.54) is 0 Å². The third kappa shape index (κ3) is 2.40. The minimum absolute atomic E-state index is 0.0567. The predicted molar refractivity (Wildman–Crippen MR) is 72.9 cm³/mol. The number of aromatic nitrogens is 2. The van der Waals surface area contributed by atoms with Crippen LogP contribution in [0.25, 0.3) is 0 Å². The van der Waals surface area contributed by atoms with Crippen LogP contribution in [0, 0.1) is 6.92 Å². The number of amides is 1. The molecule has 1 heterocycles. The number of rotatable bonds is 5. The molecule has 104 valence electrons. The number of hydrogen-bond donors (Lipinski definition) is 2. The van der Waals surface area contributed by atoms with Gasteiger partial charge in [-0.05, 0) is 26.0 Å². The van der Waals surface area contributed by atoms with Gasteiger partial charge in [0.1, 0.15) is 5.75 Å². The van der Waals surface area contributed by atoms with Crippen LogP contribution in [0.3, 0.4) is 0 Å². The van der Waals surface area contributed by atoms with Gasteiger partial charge in [0.2, 0.25) is 5.78 Å². The van der Waals surface area contributed by atoms with E-state index in [0.717, 1.165) is 0 Å². The topological polar surface area (TPSA) is 98.1 Å². The molecular weight excluding hydrogens is 258 g/mol. The molecule has 3 N–H and O–H groups in total.